The van der Waals surface area contributed by atoms with Crippen LogP contribution in [0.1, 0.15) is 10.6 Å². The van der Waals surface area contributed by atoms with Crippen molar-refractivity contribution in [3.8, 4) is 0 Å². The molecule has 0 radical (unpaired) electrons. The van der Waals surface area contributed by atoms with Gasteiger partial charge >= 0.3 is 6.09 Å². The van der Waals surface area contributed by atoms with E-state index in [1.807, 2.05) is 6.92 Å². The highest BCUT2D eigenvalue weighted by Crippen LogP contribution is 2.21. The number of methoxy groups -OCH3 is 1. The van der Waals surface area contributed by atoms with Gasteiger partial charge in [-0.3, -0.25) is 5.32 Å². The standard InChI is InChI=1S/C13H14FN3O2S/c1-8-12(20-7-16-8)6-15-9-3-4-11(10(14)5-9)17-13(18)19-2/h3-5,7,15H,6H2,1-2H3,(H,17,18). The van der Waals surface area contributed by atoms with E-state index in [-0.39, 0.29) is 5.69 Å². The summed E-state index contributed by atoms with van der Waals surface area (Å²) >= 11 is 1.55. The Morgan fingerprint density at radius 2 is 2.30 bits per heavy atom. The van der Waals surface area contributed by atoms with Gasteiger partial charge in [0, 0.05) is 10.6 Å². The molecule has 1 aromatic heterocycles. The number of amides is 1. The van der Waals surface area contributed by atoms with Gasteiger partial charge in [0.25, 0.3) is 0 Å². The minimum absolute atomic E-state index is 0.0800. The average Bonchev–Trinajstić information content (AvgIpc) is 2.84. The number of ether oxygens (including phenoxy) is 1. The summed E-state index contributed by atoms with van der Waals surface area (Å²) in [4.78, 5) is 16.3. The highest BCUT2D eigenvalue weighted by molar-refractivity contribution is 7.09. The molecule has 0 saturated heterocycles. The van der Waals surface area contributed by atoms with Crippen LogP contribution >= 0.6 is 11.3 Å². The molecule has 7 heteroatoms. The molecule has 106 valence electrons. The van der Waals surface area contributed by atoms with E-state index in [2.05, 4.69) is 20.4 Å². The number of carbonyl (C=O) groups is 1. The second-order valence-electron chi connectivity index (χ2n) is 4.03. The number of aryl methyl sites for hydroxylation is 1. The van der Waals surface area contributed by atoms with E-state index in [1.54, 1.807) is 22.9 Å². The van der Waals surface area contributed by atoms with Gasteiger partial charge in [-0.25, -0.2) is 14.2 Å². The molecule has 1 amide bonds. The fraction of sp³-hybridized carbons (Fsp3) is 0.231. The summed E-state index contributed by atoms with van der Waals surface area (Å²) in [6.45, 7) is 2.51. The molecule has 0 fully saturated rings. The maximum Gasteiger partial charge on any atom is 0.411 e. The first-order chi connectivity index (χ1) is 9.60. The number of carbonyl (C=O) groups excluding carboxylic acids is 1. The van der Waals surface area contributed by atoms with Gasteiger partial charge in [-0.15, -0.1) is 11.3 Å². The van der Waals surface area contributed by atoms with Crippen LogP contribution in [0.4, 0.5) is 20.6 Å². The number of nitrogens with zero attached hydrogens (tertiary/aromatic N) is 1. The molecule has 0 bridgehead atoms. The number of hydrogen-bond donors (Lipinski definition) is 2. The number of thiazole rings is 1. The van der Waals surface area contributed by atoms with Crippen LogP contribution in [-0.4, -0.2) is 18.2 Å². The van der Waals surface area contributed by atoms with Crippen LogP contribution in [-0.2, 0) is 11.3 Å². The third-order valence-corrected chi connectivity index (χ3v) is 3.62. The van der Waals surface area contributed by atoms with Gasteiger partial charge in [0.15, 0.2) is 0 Å². The predicted octanol–water partition coefficient (Wildman–Crippen LogP) is 3.38. The van der Waals surface area contributed by atoms with Crippen LogP contribution in [0, 0.1) is 12.7 Å². The molecule has 0 aliphatic heterocycles. The summed E-state index contributed by atoms with van der Waals surface area (Å²) in [6.07, 6.45) is -0.704. The highest BCUT2D eigenvalue weighted by Gasteiger charge is 2.08. The van der Waals surface area contributed by atoms with E-state index < -0.39 is 11.9 Å². The Hall–Kier alpha value is -2.15. The number of aromatic nitrogens is 1. The normalized spacial score (nSPS) is 10.2. The SMILES string of the molecule is COC(=O)Nc1ccc(NCc2scnc2C)cc1F. The lowest BCUT2D eigenvalue weighted by molar-refractivity contribution is 0.187. The zero-order valence-corrected chi connectivity index (χ0v) is 11.9. The zero-order valence-electron chi connectivity index (χ0n) is 11.1. The van der Waals surface area contributed by atoms with Gasteiger partial charge in [-0.05, 0) is 25.1 Å². The molecule has 0 spiro atoms. The van der Waals surface area contributed by atoms with Crippen molar-refractivity contribution in [2.45, 2.75) is 13.5 Å². The number of halogens is 1. The third-order valence-electron chi connectivity index (χ3n) is 2.69. The minimum Gasteiger partial charge on any atom is -0.453 e. The maximum atomic E-state index is 13.8. The summed E-state index contributed by atoms with van der Waals surface area (Å²) < 4.78 is 18.2. The Morgan fingerprint density at radius 1 is 1.50 bits per heavy atom. The minimum atomic E-state index is -0.704. The molecule has 0 aliphatic rings. The van der Waals surface area contributed by atoms with Crippen molar-refractivity contribution >= 4 is 28.8 Å². The van der Waals surface area contributed by atoms with Crippen molar-refractivity contribution in [2.24, 2.45) is 0 Å². The van der Waals surface area contributed by atoms with Crippen molar-refractivity contribution < 1.29 is 13.9 Å². The van der Waals surface area contributed by atoms with Crippen LogP contribution in [0.2, 0.25) is 0 Å². The summed E-state index contributed by atoms with van der Waals surface area (Å²) in [7, 11) is 1.22. The number of benzene rings is 1. The molecule has 1 heterocycles. The lowest BCUT2D eigenvalue weighted by Gasteiger charge is -2.09. The molecule has 0 aliphatic carbocycles. The van der Waals surface area contributed by atoms with Gasteiger partial charge in [0.1, 0.15) is 5.82 Å². The van der Waals surface area contributed by atoms with Gasteiger partial charge in [-0.1, -0.05) is 0 Å². The fourth-order valence-electron chi connectivity index (χ4n) is 1.57. The van der Waals surface area contributed by atoms with E-state index >= 15 is 0 Å². The van der Waals surface area contributed by atoms with Crippen LogP contribution < -0.4 is 10.6 Å². The Bertz CT molecular complexity index is 615. The highest BCUT2D eigenvalue weighted by atomic mass is 32.1. The van der Waals surface area contributed by atoms with Crippen molar-refractivity contribution in [1.82, 2.24) is 4.98 Å². The van der Waals surface area contributed by atoms with Crippen LogP contribution in [0.5, 0.6) is 0 Å². The molecular formula is C13H14FN3O2S. The molecule has 5 nitrogen and oxygen atoms in total. The first kappa shape index (κ1) is 14.3. The van der Waals surface area contributed by atoms with Gasteiger partial charge in [0.2, 0.25) is 0 Å². The number of hydrogen-bond acceptors (Lipinski definition) is 5. The second-order valence-corrected chi connectivity index (χ2v) is 4.97. The molecule has 1 aromatic carbocycles. The van der Waals surface area contributed by atoms with Gasteiger partial charge in [-0.2, -0.15) is 0 Å². The summed E-state index contributed by atoms with van der Waals surface area (Å²) in [5.74, 6) is -0.526. The van der Waals surface area contributed by atoms with Crippen molar-refractivity contribution in [3.05, 3.63) is 40.1 Å². The topological polar surface area (TPSA) is 63.2 Å². The zero-order chi connectivity index (χ0) is 14.5. The molecule has 2 aromatic rings. The molecule has 2 N–H and O–H groups in total. The van der Waals surface area contributed by atoms with Crippen LogP contribution in [0.3, 0.4) is 0 Å². The van der Waals surface area contributed by atoms with E-state index in [4.69, 9.17) is 0 Å². The van der Waals surface area contributed by atoms with Crippen molar-refractivity contribution in [3.63, 3.8) is 0 Å². The Kier molecular flexibility index (Phi) is 4.52. The van der Waals surface area contributed by atoms with Crippen LogP contribution in [0.15, 0.2) is 23.7 Å². The second kappa shape index (κ2) is 6.33. The quantitative estimate of drug-likeness (QED) is 0.907. The Balaban J connectivity index is 2.02. The molecule has 20 heavy (non-hydrogen) atoms. The smallest absolute Gasteiger partial charge is 0.411 e. The number of nitrogens with one attached hydrogen (secondary N) is 2. The Morgan fingerprint density at radius 3 is 2.90 bits per heavy atom. The van der Waals surface area contributed by atoms with E-state index in [1.165, 1.54) is 19.2 Å². The van der Waals surface area contributed by atoms with Crippen LogP contribution in [0.25, 0.3) is 0 Å². The van der Waals surface area contributed by atoms with Gasteiger partial charge < -0.3 is 10.1 Å². The van der Waals surface area contributed by atoms with Gasteiger partial charge in [0.05, 0.1) is 30.5 Å². The third kappa shape index (κ3) is 3.45. The van der Waals surface area contributed by atoms with Crippen molar-refractivity contribution in [1.29, 1.82) is 0 Å². The Labute approximate surface area is 119 Å². The first-order valence-corrected chi connectivity index (χ1v) is 6.75. The van der Waals surface area contributed by atoms with E-state index in [0.29, 0.717) is 12.2 Å². The molecule has 0 atom stereocenters. The summed E-state index contributed by atoms with van der Waals surface area (Å²) in [5, 5.41) is 5.40. The lowest BCUT2D eigenvalue weighted by atomic mass is 10.2. The molecule has 0 saturated carbocycles. The number of anilines is 2. The molecule has 2 rings (SSSR count). The largest absolute Gasteiger partial charge is 0.453 e. The van der Waals surface area contributed by atoms with E-state index in [0.717, 1.165) is 10.6 Å². The molecular weight excluding hydrogens is 281 g/mol. The predicted molar refractivity (Wildman–Crippen MR) is 76.6 cm³/mol. The maximum absolute atomic E-state index is 13.8. The summed E-state index contributed by atoms with van der Waals surface area (Å²) in [6, 6.07) is 4.49. The van der Waals surface area contributed by atoms with Crippen molar-refractivity contribution in [2.75, 3.05) is 17.7 Å². The lowest BCUT2D eigenvalue weighted by Crippen LogP contribution is -2.12. The molecule has 0 unspecified atom stereocenters. The average molecular weight is 295 g/mol. The summed E-state index contributed by atoms with van der Waals surface area (Å²) in [5.41, 5.74) is 3.45. The first-order valence-electron chi connectivity index (χ1n) is 5.87. The van der Waals surface area contributed by atoms with E-state index in [9.17, 15) is 9.18 Å². The fourth-order valence-corrected chi connectivity index (χ4v) is 2.28. The monoisotopic (exact) mass is 295 g/mol. The number of rotatable bonds is 4.